The molecule has 0 radical (unpaired) electrons. The number of rotatable bonds is 6. The predicted octanol–water partition coefficient (Wildman–Crippen LogP) is 4.18. The lowest BCUT2D eigenvalue weighted by Gasteiger charge is -2.41. The van der Waals surface area contributed by atoms with Crippen LogP contribution >= 0.6 is 11.3 Å². The van der Waals surface area contributed by atoms with Gasteiger partial charge in [0.1, 0.15) is 6.17 Å². The van der Waals surface area contributed by atoms with Crippen LogP contribution in [0.2, 0.25) is 0 Å². The molecule has 1 aromatic carbocycles. The Morgan fingerprint density at radius 3 is 2.79 bits per heavy atom. The SMILES string of the molecule is Cc1nc(CO[C@@H]2CCN(C(=O)C3CC(F)C3)C[C@H]2Cc2ccccc2)cs1. The summed E-state index contributed by atoms with van der Waals surface area (Å²) in [6, 6.07) is 10.4. The van der Waals surface area contributed by atoms with Gasteiger partial charge in [-0.2, -0.15) is 0 Å². The number of carbonyl (C=O) groups is 1. The standard InChI is InChI=1S/C22H27FN2O2S/c1-15-24-20(14-28-15)13-27-21-7-8-25(22(26)17-10-19(23)11-17)12-18(21)9-16-5-3-2-4-6-16/h2-6,14,17-19,21H,7-13H2,1H3/t17?,18-,19?,21-/m1/s1. The van der Waals surface area contributed by atoms with Crippen LogP contribution < -0.4 is 0 Å². The fourth-order valence-electron chi connectivity index (χ4n) is 4.22. The van der Waals surface area contributed by atoms with Gasteiger partial charge in [-0.1, -0.05) is 30.3 Å². The van der Waals surface area contributed by atoms with Crippen molar-refractivity contribution in [2.75, 3.05) is 13.1 Å². The Morgan fingerprint density at radius 2 is 2.11 bits per heavy atom. The number of benzene rings is 1. The Morgan fingerprint density at radius 1 is 1.32 bits per heavy atom. The Bertz CT molecular complexity index is 791. The summed E-state index contributed by atoms with van der Waals surface area (Å²) < 4.78 is 19.4. The minimum absolute atomic E-state index is 0.0987. The average Bonchev–Trinajstić information content (AvgIpc) is 3.10. The van der Waals surface area contributed by atoms with Crippen molar-refractivity contribution in [1.82, 2.24) is 9.88 Å². The second-order valence-electron chi connectivity index (χ2n) is 8.00. The molecular formula is C22H27FN2O2S. The van der Waals surface area contributed by atoms with E-state index in [1.165, 1.54) is 5.56 Å². The molecule has 150 valence electrons. The van der Waals surface area contributed by atoms with Crippen molar-refractivity contribution in [2.45, 2.75) is 51.5 Å². The molecule has 0 unspecified atom stereocenters. The van der Waals surface area contributed by atoms with E-state index in [-0.39, 0.29) is 23.8 Å². The maximum atomic E-state index is 13.2. The van der Waals surface area contributed by atoms with Crippen molar-refractivity contribution < 1.29 is 13.9 Å². The summed E-state index contributed by atoms with van der Waals surface area (Å²) in [6.07, 6.45) is 1.78. The second-order valence-corrected chi connectivity index (χ2v) is 9.06. The number of likely N-dealkylation sites (tertiary alicyclic amines) is 1. The normalized spacial score (nSPS) is 27.4. The van der Waals surface area contributed by atoms with Crippen molar-refractivity contribution in [1.29, 1.82) is 0 Å². The molecule has 1 saturated heterocycles. The van der Waals surface area contributed by atoms with Crippen molar-refractivity contribution in [3.05, 3.63) is 52.0 Å². The molecule has 2 aromatic rings. The summed E-state index contributed by atoms with van der Waals surface area (Å²) in [5.41, 5.74) is 2.23. The number of amides is 1. The summed E-state index contributed by atoms with van der Waals surface area (Å²) in [6.45, 7) is 3.89. The molecule has 2 heterocycles. The highest BCUT2D eigenvalue weighted by molar-refractivity contribution is 7.09. The summed E-state index contributed by atoms with van der Waals surface area (Å²) in [7, 11) is 0. The van der Waals surface area contributed by atoms with Gasteiger partial charge in [0.15, 0.2) is 0 Å². The Hall–Kier alpha value is -1.79. The minimum atomic E-state index is -0.795. The largest absolute Gasteiger partial charge is 0.371 e. The van der Waals surface area contributed by atoms with E-state index < -0.39 is 6.17 Å². The van der Waals surface area contributed by atoms with Gasteiger partial charge in [0.05, 0.1) is 23.4 Å². The molecule has 1 aliphatic carbocycles. The number of nitrogens with zero attached hydrogens (tertiary/aromatic N) is 2. The molecule has 0 N–H and O–H groups in total. The number of alkyl halides is 1. The van der Waals surface area contributed by atoms with Crippen LogP contribution in [0, 0.1) is 18.8 Å². The molecule has 1 aromatic heterocycles. The maximum absolute atomic E-state index is 13.2. The van der Waals surface area contributed by atoms with Gasteiger partial charge in [0, 0.05) is 30.3 Å². The van der Waals surface area contributed by atoms with E-state index in [1.54, 1.807) is 11.3 Å². The molecule has 0 spiro atoms. The van der Waals surface area contributed by atoms with Gasteiger partial charge in [-0.25, -0.2) is 9.37 Å². The second kappa shape index (κ2) is 8.70. The molecule has 4 rings (SSSR count). The van der Waals surface area contributed by atoms with Crippen LogP contribution in [-0.4, -0.2) is 41.2 Å². The fraction of sp³-hybridized carbons (Fsp3) is 0.545. The van der Waals surface area contributed by atoms with Crippen LogP contribution in [-0.2, 0) is 22.6 Å². The van der Waals surface area contributed by atoms with E-state index in [2.05, 4.69) is 17.1 Å². The Balaban J connectivity index is 1.41. The molecule has 6 heteroatoms. The van der Waals surface area contributed by atoms with Gasteiger partial charge in [-0.15, -0.1) is 11.3 Å². The van der Waals surface area contributed by atoms with E-state index in [1.807, 2.05) is 35.4 Å². The predicted molar refractivity (Wildman–Crippen MR) is 108 cm³/mol. The van der Waals surface area contributed by atoms with Gasteiger partial charge >= 0.3 is 0 Å². The lowest BCUT2D eigenvalue weighted by molar-refractivity contribution is -0.145. The number of hydrogen-bond acceptors (Lipinski definition) is 4. The van der Waals surface area contributed by atoms with Gasteiger partial charge < -0.3 is 9.64 Å². The molecule has 28 heavy (non-hydrogen) atoms. The first-order chi connectivity index (χ1) is 13.6. The van der Waals surface area contributed by atoms with Crippen LogP contribution in [0.1, 0.15) is 35.5 Å². The van der Waals surface area contributed by atoms with E-state index in [9.17, 15) is 9.18 Å². The van der Waals surface area contributed by atoms with Gasteiger partial charge in [0.25, 0.3) is 0 Å². The van der Waals surface area contributed by atoms with Crippen LogP contribution in [0.3, 0.4) is 0 Å². The summed E-state index contributed by atoms with van der Waals surface area (Å²) in [4.78, 5) is 19.2. The number of hydrogen-bond donors (Lipinski definition) is 0. The number of aromatic nitrogens is 1. The molecule has 1 aliphatic heterocycles. The monoisotopic (exact) mass is 402 g/mol. The highest BCUT2D eigenvalue weighted by Crippen LogP contribution is 2.34. The number of piperidine rings is 1. The maximum Gasteiger partial charge on any atom is 0.225 e. The van der Waals surface area contributed by atoms with E-state index in [0.29, 0.717) is 32.5 Å². The van der Waals surface area contributed by atoms with Gasteiger partial charge in [-0.3, -0.25) is 4.79 Å². The molecule has 1 saturated carbocycles. The first-order valence-corrected chi connectivity index (χ1v) is 11.0. The van der Waals surface area contributed by atoms with Gasteiger partial charge in [0.2, 0.25) is 5.91 Å². The van der Waals surface area contributed by atoms with Crippen molar-refractivity contribution in [3.8, 4) is 0 Å². The van der Waals surface area contributed by atoms with Crippen LogP contribution in [0.25, 0.3) is 0 Å². The third-order valence-electron chi connectivity index (χ3n) is 5.86. The zero-order valence-corrected chi connectivity index (χ0v) is 17.0. The molecule has 1 amide bonds. The molecule has 2 aliphatic rings. The number of carbonyl (C=O) groups excluding carboxylic acids is 1. The number of ether oxygens (including phenoxy) is 1. The van der Waals surface area contributed by atoms with E-state index >= 15 is 0 Å². The average molecular weight is 403 g/mol. The van der Waals surface area contributed by atoms with Gasteiger partial charge in [-0.05, 0) is 38.2 Å². The van der Waals surface area contributed by atoms with E-state index in [4.69, 9.17) is 4.74 Å². The minimum Gasteiger partial charge on any atom is -0.371 e. The zero-order chi connectivity index (χ0) is 19.5. The van der Waals surface area contributed by atoms with Crippen molar-refractivity contribution >= 4 is 17.2 Å². The quantitative estimate of drug-likeness (QED) is 0.728. The number of aryl methyl sites for hydroxylation is 1. The highest BCUT2D eigenvalue weighted by atomic mass is 32.1. The molecule has 0 bridgehead atoms. The lowest BCUT2D eigenvalue weighted by atomic mass is 9.81. The zero-order valence-electron chi connectivity index (χ0n) is 16.2. The first kappa shape index (κ1) is 19.5. The highest BCUT2D eigenvalue weighted by Gasteiger charge is 2.40. The Kier molecular flexibility index (Phi) is 6.07. The molecule has 4 nitrogen and oxygen atoms in total. The first-order valence-electron chi connectivity index (χ1n) is 10.1. The van der Waals surface area contributed by atoms with Crippen LogP contribution in [0.4, 0.5) is 4.39 Å². The van der Waals surface area contributed by atoms with Crippen LogP contribution in [0.15, 0.2) is 35.7 Å². The number of thiazole rings is 1. The molecule has 2 fully saturated rings. The van der Waals surface area contributed by atoms with Crippen molar-refractivity contribution in [3.63, 3.8) is 0 Å². The topological polar surface area (TPSA) is 42.4 Å². The molecular weight excluding hydrogens is 375 g/mol. The lowest BCUT2D eigenvalue weighted by Crippen LogP contribution is -2.51. The van der Waals surface area contributed by atoms with E-state index in [0.717, 1.165) is 23.5 Å². The smallest absolute Gasteiger partial charge is 0.225 e. The summed E-state index contributed by atoms with van der Waals surface area (Å²) >= 11 is 1.64. The third-order valence-corrected chi connectivity index (χ3v) is 6.68. The Labute approximate surface area is 169 Å². The number of halogens is 1. The summed E-state index contributed by atoms with van der Waals surface area (Å²) in [5.74, 6) is 0.240. The summed E-state index contributed by atoms with van der Waals surface area (Å²) in [5, 5.41) is 3.09. The molecule has 2 atom stereocenters. The third kappa shape index (κ3) is 4.61. The van der Waals surface area contributed by atoms with Crippen molar-refractivity contribution in [2.24, 2.45) is 11.8 Å². The fourth-order valence-corrected chi connectivity index (χ4v) is 4.82. The van der Waals surface area contributed by atoms with Crippen LogP contribution in [0.5, 0.6) is 0 Å².